The summed E-state index contributed by atoms with van der Waals surface area (Å²) in [6.07, 6.45) is 0. The summed E-state index contributed by atoms with van der Waals surface area (Å²) in [4.78, 5) is 0. The van der Waals surface area contributed by atoms with Gasteiger partial charge in [-0.05, 0) is 0 Å². The first-order valence-electron chi connectivity index (χ1n) is 4.97. The van der Waals surface area contributed by atoms with Crippen molar-refractivity contribution in [2.45, 2.75) is 0 Å². The molecule has 0 aliphatic heterocycles. The zero-order chi connectivity index (χ0) is 10.5. The van der Waals surface area contributed by atoms with Gasteiger partial charge >= 0.3 is 14.1 Å². The fraction of sp³-hybridized carbons (Fsp3) is 0. The van der Waals surface area contributed by atoms with Gasteiger partial charge in [-0.1, -0.05) is 73.7 Å². The standard InChI is InChI=1S/2C6H5.CHS.Al/c2*1-2-4-6-5-3-1;1-2;/h2*1-5H;1H;. The van der Waals surface area contributed by atoms with Crippen LogP contribution in [-0.4, -0.2) is 18.4 Å². The van der Waals surface area contributed by atoms with Crippen LogP contribution in [0.15, 0.2) is 60.7 Å². The average Bonchev–Trinajstić information content (AvgIpc) is 2.33. The molecule has 2 heteroatoms. The van der Waals surface area contributed by atoms with Crippen molar-refractivity contribution in [3.05, 3.63) is 60.7 Å². The minimum atomic E-state index is -1.24. The summed E-state index contributed by atoms with van der Waals surface area (Å²) in [5.74, 6) is 0. The van der Waals surface area contributed by atoms with Crippen molar-refractivity contribution in [3.8, 4) is 0 Å². The fourth-order valence-corrected chi connectivity index (χ4v) is 4.59. The number of hydrogen-bond donors (Lipinski definition) is 0. The lowest BCUT2D eigenvalue weighted by Crippen LogP contribution is -2.43. The molecule has 0 amide bonds. The maximum Gasteiger partial charge on any atom is 0.388 e. The van der Waals surface area contributed by atoms with E-state index >= 15 is 0 Å². The molecule has 15 heavy (non-hydrogen) atoms. The Kier molecular flexibility index (Phi) is 3.69. The molecule has 72 valence electrons. The third kappa shape index (κ3) is 2.54. The van der Waals surface area contributed by atoms with Crippen LogP contribution in [0.3, 0.4) is 0 Å². The Morgan fingerprint density at radius 3 is 1.47 bits per heavy atom. The van der Waals surface area contributed by atoms with Crippen LogP contribution in [0.1, 0.15) is 0 Å². The summed E-state index contributed by atoms with van der Waals surface area (Å²) in [6.45, 7) is 0. The van der Waals surface area contributed by atoms with Gasteiger partial charge in [-0.3, -0.25) is 0 Å². The van der Waals surface area contributed by atoms with Gasteiger partial charge in [0, 0.05) is 0 Å². The zero-order valence-corrected chi connectivity index (χ0v) is 10.3. The van der Waals surface area contributed by atoms with Crippen molar-refractivity contribution in [2.75, 3.05) is 0 Å². The minimum Gasteiger partial charge on any atom is -0.112 e. The maximum atomic E-state index is 5.17. The largest absolute Gasteiger partial charge is 0.388 e. The Balaban J connectivity index is 2.38. The normalized spacial score (nSPS) is 9.60. The molecule has 2 rings (SSSR count). The topological polar surface area (TPSA) is 0 Å². The van der Waals surface area contributed by atoms with Crippen LogP contribution in [-0.2, 0) is 0 Å². The summed E-state index contributed by atoms with van der Waals surface area (Å²) in [5.41, 5.74) is 0. The third-order valence-electron chi connectivity index (χ3n) is 2.45. The van der Waals surface area contributed by atoms with Crippen molar-refractivity contribution in [3.63, 3.8) is 0 Å². The molecular weight excluding hydrogens is 215 g/mol. The van der Waals surface area contributed by atoms with Crippen LogP contribution in [0.4, 0.5) is 0 Å². The van der Waals surface area contributed by atoms with Gasteiger partial charge in [0.05, 0.1) is 0 Å². The second-order valence-electron chi connectivity index (χ2n) is 3.44. The second-order valence-corrected chi connectivity index (χ2v) is 6.81. The van der Waals surface area contributed by atoms with Gasteiger partial charge < -0.3 is 0 Å². The van der Waals surface area contributed by atoms with Gasteiger partial charge in [-0.15, -0.1) is 12.2 Å². The summed E-state index contributed by atoms with van der Waals surface area (Å²) >= 11 is 3.93. The quantitative estimate of drug-likeness (QED) is 0.568. The van der Waals surface area contributed by atoms with Crippen LogP contribution in [0.2, 0.25) is 0 Å². The summed E-state index contributed by atoms with van der Waals surface area (Å²) < 4.78 is 4.74. The van der Waals surface area contributed by atoms with Crippen LogP contribution in [0.5, 0.6) is 0 Å². The molecule has 0 unspecified atom stereocenters. The first kappa shape index (κ1) is 10.6. The van der Waals surface area contributed by atoms with E-state index in [0.29, 0.717) is 0 Å². The maximum absolute atomic E-state index is 5.17. The highest BCUT2D eigenvalue weighted by Crippen LogP contribution is 1.91. The van der Waals surface area contributed by atoms with E-state index in [4.69, 9.17) is 12.2 Å². The molecule has 0 N–H and O–H groups in total. The molecule has 0 saturated carbocycles. The molecule has 0 atom stereocenters. The Morgan fingerprint density at radius 1 is 0.733 bits per heavy atom. The van der Waals surface area contributed by atoms with Crippen LogP contribution < -0.4 is 8.85 Å². The predicted octanol–water partition coefficient (Wildman–Crippen LogP) is 1.83. The van der Waals surface area contributed by atoms with Gasteiger partial charge in [0.1, 0.15) is 0 Å². The molecule has 2 aromatic carbocycles. The van der Waals surface area contributed by atoms with Gasteiger partial charge in [-0.25, -0.2) is 0 Å². The number of hydrogen-bond acceptors (Lipinski definition) is 1. The Morgan fingerprint density at radius 2 is 1.13 bits per heavy atom. The molecule has 2 aromatic rings. The monoisotopic (exact) mass is 226 g/mol. The van der Waals surface area contributed by atoms with Crippen LogP contribution >= 0.6 is 12.2 Å². The highest BCUT2D eigenvalue weighted by Gasteiger charge is 2.18. The average molecular weight is 226 g/mol. The van der Waals surface area contributed by atoms with Gasteiger partial charge in [0.2, 0.25) is 0 Å². The zero-order valence-electron chi connectivity index (χ0n) is 8.34. The van der Waals surface area contributed by atoms with Crippen LogP contribution in [0, 0.1) is 0 Å². The number of rotatable bonds is 3. The van der Waals surface area contributed by atoms with E-state index in [1.165, 1.54) is 8.85 Å². The Bertz CT molecular complexity index is 385. The lowest BCUT2D eigenvalue weighted by molar-refractivity contribution is 1.74. The van der Waals surface area contributed by atoms with E-state index in [9.17, 15) is 0 Å². The minimum absolute atomic E-state index is 1.24. The number of benzene rings is 2. The predicted molar refractivity (Wildman–Crippen MR) is 71.6 cm³/mol. The first-order chi connectivity index (χ1) is 7.42. The Labute approximate surface area is 100.0 Å². The SMILES string of the molecule is S=[CH][Al]([c]1ccccc1)[c]1ccccc1. The van der Waals surface area contributed by atoms with E-state index in [1.54, 1.807) is 0 Å². The third-order valence-corrected chi connectivity index (χ3v) is 5.75. The smallest absolute Gasteiger partial charge is 0.112 e. The molecule has 0 aliphatic rings. The highest BCUT2D eigenvalue weighted by molar-refractivity contribution is 7.82. The molecule has 0 aromatic heterocycles. The summed E-state index contributed by atoms with van der Waals surface area (Å²) in [5, 5.41) is 0. The van der Waals surface area contributed by atoms with Gasteiger partial charge in [0.25, 0.3) is 0 Å². The van der Waals surface area contributed by atoms with Gasteiger partial charge in [0.15, 0.2) is 0 Å². The lowest BCUT2D eigenvalue weighted by Gasteiger charge is -2.06. The molecule has 0 saturated heterocycles. The van der Waals surface area contributed by atoms with E-state index in [-0.39, 0.29) is 0 Å². The first-order valence-corrected chi connectivity index (χ1v) is 7.26. The van der Waals surface area contributed by atoms with E-state index < -0.39 is 14.1 Å². The van der Waals surface area contributed by atoms with Crippen molar-refractivity contribution >= 4 is 39.4 Å². The summed E-state index contributed by atoms with van der Waals surface area (Å²) in [6, 6.07) is 21.1. The van der Waals surface area contributed by atoms with Crippen molar-refractivity contribution in [2.24, 2.45) is 0 Å². The van der Waals surface area contributed by atoms with Crippen LogP contribution in [0.25, 0.3) is 0 Å². The molecule has 0 nitrogen and oxygen atoms in total. The van der Waals surface area contributed by atoms with E-state index in [0.717, 1.165) is 0 Å². The van der Waals surface area contributed by atoms with Crippen molar-refractivity contribution < 1.29 is 0 Å². The lowest BCUT2D eigenvalue weighted by atomic mass is 10.4. The molecule has 0 bridgehead atoms. The molecule has 0 aliphatic carbocycles. The summed E-state index contributed by atoms with van der Waals surface area (Å²) in [7, 11) is 0. The van der Waals surface area contributed by atoms with Crippen molar-refractivity contribution in [1.82, 2.24) is 0 Å². The molecular formula is C13H11AlS. The van der Waals surface area contributed by atoms with E-state index in [2.05, 4.69) is 48.5 Å². The molecule has 0 radical (unpaired) electrons. The highest BCUT2D eigenvalue weighted by atomic mass is 32.1. The van der Waals surface area contributed by atoms with Crippen molar-refractivity contribution in [1.29, 1.82) is 0 Å². The molecule has 0 fully saturated rings. The number of thiocarbonyl (C=S) groups is 1. The Hall–Kier alpha value is -0.938. The fourth-order valence-electron chi connectivity index (χ4n) is 1.67. The van der Waals surface area contributed by atoms with E-state index in [1.807, 2.05) is 16.4 Å². The molecule has 0 spiro atoms. The van der Waals surface area contributed by atoms with Gasteiger partial charge in [-0.2, -0.15) is 0 Å². The molecule has 0 heterocycles. The second kappa shape index (κ2) is 5.23.